The van der Waals surface area contributed by atoms with Gasteiger partial charge < -0.3 is 29.5 Å². The first-order chi connectivity index (χ1) is 24.3. The van der Waals surface area contributed by atoms with E-state index in [1.807, 2.05) is 12.2 Å². The summed E-state index contributed by atoms with van der Waals surface area (Å²) >= 11 is 0. The summed E-state index contributed by atoms with van der Waals surface area (Å²) in [5, 5.41) is 47.7. The van der Waals surface area contributed by atoms with Gasteiger partial charge in [-0.15, -0.1) is 0 Å². The van der Waals surface area contributed by atoms with Gasteiger partial charge >= 0.3 is 18.1 Å². The van der Waals surface area contributed by atoms with Gasteiger partial charge in [-0.1, -0.05) is 42.5 Å². The lowest BCUT2D eigenvalue weighted by molar-refractivity contribution is -0.492. The van der Waals surface area contributed by atoms with E-state index in [-0.39, 0.29) is 62.1 Å². The fourth-order valence-corrected chi connectivity index (χ4v) is 5.48. The van der Waals surface area contributed by atoms with Gasteiger partial charge in [0.1, 0.15) is 24.2 Å². The summed E-state index contributed by atoms with van der Waals surface area (Å²) in [6.07, 6.45) is 3.03. The van der Waals surface area contributed by atoms with Crippen molar-refractivity contribution in [3.05, 3.63) is 84.0 Å². The number of aliphatic hydroxyl groups excluding tert-OH is 3. The predicted octanol–water partition coefficient (Wildman–Crippen LogP) is 5.35. The Morgan fingerprint density at radius 1 is 0.922 bits per heavy atom. The Balaban J connectivity index is 1.31. The van der Waals surface area contributed by atoms with Crippen LogP contribution in [0.25, 0.3) is 0 Å². The zero-order valence-electron chi connectivity index (χ0n) is 28.1. The van der Waals surface area contributed by atoms with Gasteiger partial charge in [0, 0.05) is 31.6 Å². The summed E-state index contributed by atoms with van der Waals surface area (Å²) in [6, 6.07) is 11.2. The molecule has 1 aliphatic rings. The molecule has 5 N–H and O–H groups in total. The number of rotatable bonds is 21. The predicted molar refractivity (Wildman–Crippen MR) is 175 cm³/mol. The number of unbranched alkanes of at least 4 members (excludes halogenated alkanes) is 2. The largest absolute Gasteiger partial charge is 0.491 e. The molecule has 0 saturated heterocycles. The van der Waals surface area contributed by atoms with Crippen LogP contribution in [0.15, 0.2) is 72.8 Å². The second-order valence-electron chi connectivity index (χ2n) is 12.1. The molecule has 51 heavy (non-hydrogen) atoms. The quantitative estimate of drug-likeness (QED) is 0.0368. The number of halogens is 3. The molecular formula is C36H46F3NO11. The number of ether oxygens (including phenoxy) is 3. The van der Waals surface area contributed by atoms with Gasteiger partial charge in [-0.2, -0.15) is 13.2 Å². The van der Waals surface area contributed by atoms with Crippen LogP contribution in [0.3, 0.4) is 0 Å². The van der Waals surface area contributed by atoms with Crippen LogP contribution in [0.4, 0.5) is 13.2 Å². The molecule has 0 aliphatic heterocycles. The fraction of sp³-hybridized carbons (Fsp3) is 0.500. The number of allylic oxidation sites excluding steroid dienone is 2. The van der Waals surface area contributed by atoms with Crippen molar-refractivity contribution in [3.63, 3.8) is 0 Å². The highest BCUT2D eigenvalue weighted by atomic mass is 19.4. The van der Waals surface area contributed by atoms with Crippen LogP contribution in [0.1, 0.15) is 62.5 Å². The number of aliphatic hydroxyl groups is 3. The maximum atomic E-state index is 12.9. The van der Waals surface area contributed by atoms with E-state index in [0.717, 1.165) is 17.7 Å². The Bertz CT molecular complexity index is 1400. The Labute approximate surface area is 294 Å². The highest BCUT2D eigenvalue weighted by molar-refractivity contribution is 5.72. The Kier molecular flexibility index (Phi) is 17.5. The van der Waals surface area contributed by atoms with Crippen molar-refractivity contribution in [2.75, 3.05) is 19.8 Å². The molecule has 1 saturated carbocycles. The first-order valence-electron chi connectivity index (χ1n) is 16.8. The first-order valence-corrected chi connectivity index (χ1v) is 16.8. The molecule has 0 radical (unpaired) electrons. The van der Waals surface area contributed by atoms with Crippen molar-refractivity contribution in [2.24, 2.45) is 11.8 Å². The van der Waals surface area contributed by atoms with E-state index in [1.54, 1.807) is 30.3 Å². The third kappa shape index (κ3) is 15.9. The molecule has 2 aromatic carbocycles. The molecular weight excluding hydrogens is 679 g/mol. The van der Waals surface area contributed by atoms with Crippen LogP contribution < -0.4 is 9.47 Å². The second-order valence-corrected chi connectivity index (χ2v) is 12.1. The third-order valence-corrected chi connectivity index (χ3v) is 8.17. The molecule has 0 aromatic heterocycles. The second kappa shape index (κ2) is 21.5. The fourth-order valence-electron chi connectivity index (χ4n) is 5.48. The summed E-state index contributed by atoms with van der Waals surface area (Å²) < 4.78 is 54.6. The van der Waals surface area contributed by atoms with Crippen molar-refractivity contribution in [3.8, 4) is 11.5 Å². The van der Waals surface area contributed by atoms with Crippen molar-refractivity contribution in [1.29, 1.82) is 0 Å². The van der Waals surface area contributed by atoms with Crippen molar-refractivity contribution in [2.45, 2.75) is 82.3 Å². The monoisotopic (exact) mass is 725 g/mol. The van der Waals surface area contributed by atoms with Gasteiger partial charge in [0.05, 0.1) is 36.4 Å². The van der Waals surface area contributed by atoms with Crippen molar-refractivity contribution < 1.29 is 67.5 Å². The zero-order chi connectivity index (χ0) is 37.2. The lowest BCUT2D eigenvalue weighted by Crippen LogP contribution is -2.21. The molecule has 0 bridgehead atoms. The number of hydrogen-bond acceptors (Lipinski definition) is 12. The number of hydrogen-bond donors (Lipinski definition) is 5. The number of nitrogens with zero attached hydrogens (tertiary/aromatic N) is 1. The Morgan fingerprint density at radius 3 is 2.39 bits per heavy atom. The third-order valence-electron chi connectivity index (χ3n) is 8.17. The molecule has 282 valence electrons. The highest BCUT2D eigenvalue weighted by Crippen LogP contribution is 2.36. The molecule has 0 spiro atoms. The Hall–Kier alpha value is -3.83. The zero-order valence-corrected chi connectivity index (χ0v) is 28.1. The van der Waals surface area contributed by atoms with Crippen LogP contribution >= 0.6 is 0 Å². The Morgan fingerprint density at radius 2 is 1.67 bits per heavy atom. The van der Waals surface area contributed by atoms with Gasteiger partial charge in [-0.05, 0) is 73.9 Å². The number of carbonyl (C=O) groups excluding carboxylic acids is 2. The van der Waals surface area contributed by atoms with Crippen molar-refractivity contribution in [1.82, 2.24) is 5.39 Å². The van der Waals surface area contributed by atoms with E-state index < -0.39 is 41.9 Å². The van der Waals surface area contributed by atoms with E-state index >= 15 is 0 Å². The summed E-state index contributed by atoms with van der Waals surface area (Å²) in [7, 11) is 0. The van der Waals surface area contributed by atoms with Gasteiger partial charge in [0.15, 0.2) is 0 Å². The van der Waals surface area contributed by atoms with Crippen LogP contribution in [0, 0.1) is 11.8 Å². The molecule has 0 amide bonds. The van der Waals surface area contributed by atoms with E-state index in [0.29, 0.717) is 44.3 Å². The maximum Gasteiger partial charge on any atom is 0.416 e. The molecule has 0 unspecified atom stereocenters. The van der Waals surface area contributed by atoms with Crippen LogP contribution in [0.2, 0.25) is 0 Å². The van der Waals surface area contributed by atoms with Gasteiger partial charge in [-0.3, -0.25) is 24.8 Å². The molecule has 1 fully saturated rings. The summed E-state index contributed by atoms with van der Waals surface area (Å²) in [5.41, 5.74) is 0.0327. The van der Waals surface area contributed by atoms with Gasteiger partial charge in [-0.25, -0.2) is 0 Å². The molecule has 0 heterocycles. The summed E-state index contributed by atoms with van der Waals surface area (Å²) in [5.74, 6) is -1.17. The van der Waals surface area contributed by atoms with E-state index in [4.69, 9.17) is 24.6 Å². The minimum Gasteiger partial charge on any atom is -0.491 e. The minimum atomic E-state index is -4.51. The van der Waals surface area contributed by atoms with E-state index in [1.165, 1.54) is 18.2 Å². The molecule has 3 rings (SSSR count). The van der Waals surface area contributed by atoms with Crippen LogP contribution in [-0.2, 0) is 31.8 Å². The smallest absolute Gasteiger partial charge is 0.416 e. The lowest BCUT2D eigenvalue weighted by Gasteiger charge is -2.19. The van der Waals surface area contributed by atoms with Gasteiger partial charge in [0.2, 0.25) is 0 Å². The maximum absolute atomic E-state index is 12.9. The summed E-state index contributed by atoms with van der Waals surface area (Å²) in [6.45, 7) is -0.0449. The van der Waals surface area contributed by atoms with E-state index in [2.05, 4.69) is 4.84 Å². The summed E-state index contributed by atoms with van der Waals surface area (Å²) in [4.78, 5) is 28.5. The first kappa shape index (κ1) is 41.6. The minimum absolute atomic E-state index is 0.0350. The molecule has 1 aliphatic carbocycles. The molecule has 12 nitrogen and oxygen atoms in total. The lowest BCUT2D eigenvalue weighted by atomic mass is 9.89. The number of carbonyl (C=O) groups is 2. The number of benzene rings is 2. The van der Waals surface area contributed by atoms with Gasteiger partial charge in [0.25, 0.3) is 0 Å². The van der Waals surface area contributed by atoms with Crippen LogP contribution in [-0.4, -0.2) is 81.2 Å². The average Bonchev–Trinajstić information content (AvgIpc) is 3.35. The standard InChI is InChI=1S/C36H46F3NO11/c37-36(38,39)26-8-7-9-29(22-26)49-24-27(41)15-18-31-30(32(42)23-33(31)43)10-3-1-2-4-12-35(45)51-28-16-13-25(14-17-28)19-21-48-34(44)11-5-6-20-50-40(46)47/h1,3,7-9,13-18,22,27,30-33,41-43,46-47H,2,4-6,10-12,19-21,23-24H2/b3-1-,18-15+/t27-,30-,31-,32+,33-/m1/s1. The molecule has 2 aromatic rings. The number of esters is 2. The number of alkyl halides is 3. The SMILES string of the molecule is O=C(CCCCON(O)O)OCCc1ccc(OC(=O)CCC/C=C\C[C@@H]2[C@@H](/C=C/[C@@H](O)COc3cccc(C(F)(F)F)c3)[C@H](O)C[C@@H]2O)cc1. The van der Waals surface area contributed by atoms with E-state index in [9.17, 15) is 38.1 Å². The molecule has 15 heteroatoms. The average molecular weight is 726 g/mol. The van der Waals surface area contributed by atoms with Crippen LogP contribution in [0.5, 0.6) is 11.5 Å². The highest BCUT2D eigenvalue weighted by Gasteiger charge is 2.39. The van der Waals surface area contributed by atoms with Crippen molar-refractivity contribution >= 4 is 11.9 Å². The normalized spacial score (nSPS) is 19.9. The topological polar surface area (TPSA) is 175 Å². The molecule has 5 atom stereocenters.